The molecule has 22 heavy (non-hydrogen) atoms. The molecule has 0 saturated carbocycles. The lowest BCUT2D eigenvalue weighted by Gasteiger charge is -2.11. The monoisotopic (exact) mass is 301 g/mol. The van der Waals surface area contributed by atoms with Crippen LogP contribution in [0, 0.1) is 0 Å². The Hall–Kier alpha value is -2.63. The first kappa shape index (κ1) is 15.8. The average molecular weight is 301 g/mol. The highest BCUT2D eigenvalue weighted by Crippen LogP contribution is 2.05. The number of amides is 1. The van der Waals surface area contributed by atoms with Crippen LogP contribution < -0.4 is 5.32 Å². The van der Waals surface area contributed by atoms with Crippen molar-refractivity contribution in [2.75, 3.05) is 0 Å². The van der Waals surface area contributed by atoms with E-state index in [0.29, 0.717) is 18.5 Å². The van der Waals surface area contributed by atoms with E-state index in [9.17, 15) is 9.59 Å². The van der Waals surface area contributed by atoms with Gasteiger partial charge in [0.15, 0.2) is 0 Å². The summed E-state index contributed by atoms with van der Waals surface area (Å²) in [7, 11) is 0. The lowest BCUT2D eigenvalue weighted by Crippen LogP contribution is -2.32. The summed E-state index contributed by atoms with van der Waals surface area (Å²) >= 11 is 0. The molecule has 0 saturated heterocycles. The Morgan fingerprint density at radius 1 is 1.32 bits per heavy atom. The lowest BCUT2D eigenvalue weighted by molar-refractivity contribution is -0.137. The standard InChI is InChI=1S/C16H19N3O3/c1-12(7-8-15(20)21)18-16(22)14-9-17-19(11-14)10-13-5-3-2-4-6-13/h2-6,9,11-12H,7-8,10H2,1H3,(H,18,22)(H,20,21). The number of aliphatic carboxylic acids is 1. The van der Waals surface area contributed by atoms with Crippen LogP contribution in [-0.4, -0.2) is 32.8 Å². The van der Waals surface area contributed by atoms with E-state index in [4.69, 9.17) is 5.11 Å². The smallest absolute Gasteiger partial charge is 0.303 e. The molecule has 0 aliphatic rings. The molecule has 0 bridgehead atoms. The summed E-state index contributed by atoms with van der Waals surface area (Å²) in [6.45, 7) is 2.39. The van der Waals surface area contributed by atoms with Crippen LogP contribution in [0.25, 0.3) is 0 Å². The first-order valence-corrected chi connectivity index (χ1v) is 7.13. The van der Waals surface area contributed by atoms with Gasteiger partial charge in [0.25, 0.3) is 5.91 Å². The van der Waals surface area contributed by atoms with Crippen LogP contribution in [0.5, 0.6) is 0 Å². The molecule has 2 aromatic rings. The highest BCUT2D eigenvalue weighted by atomic mass is 16.4. The first-order valence-electron chi connectivity index (χ1n) is 7.13. The van der Waals surface area contributed by atoms with Gasteiger partial charge in [-0.2, -0.15) is 5.10 Å². The summed E-state index contributed by atoms with van der Waals surface area (Å²) in [5.74, 6) is -1.10. The molecule has 0 aliphatic carbocycles. The van der Waals surface area contributed by atoms with E-state index < -0.39 is 5.97 Å². The van der Waals surface area contributed by atoms with Gasteiger partial charge in [-0.25, -0.2) is 0 Å². The molecule has 6 nitrogen and oxygen atoms in total. The summed E-state index contributed by atoms with van der Waals surface area (Å²) in [5, 5.41) is 15.6. The van der Waals surface area contributed by atoms with Crippen LogP contribution in [0.15, 0.2) is 42.7 Å². The number of carboxylic acids is 1. The number of carbonyl (C=O) groups is 2. The Morgan fingerprint density at radius 3 is 2.73 bits per heavy atom. The number of aromatic nitrogens is 2. The molecule has 116 valence electrons. The first-order chi connectivity index (χ1) is 10.5. The normalized spacial score (nSPS) is 11.9. The van der Waals surface area contributed by atoms with E-state index in [1.807, 2.05) is 30.3 Å². The third kappa shape index (κ3) is 4.73. The molecule has 2 rings (SSSR count). The summed E-state index contributed by atoms with van der Waals surface area (Å²) < 4.78 is 1.70. The van der Waals surface area contributed by atoms with Gasteiger partial charge in [0.2, 0.25) is 0 Å². The second-order valence-corrected chi connectivity index (χ2v) is 5.22. The summed E-state index contributed by atoms with van der Waals surface area (Å²) in [5.41, 5.74) is 1.57. The van der Waals surface area contributed by atoms with Gasteiger partial charge in [0.1, 0.15) is 0 Å². The van der Waals surface area contributed by atoms with Crippen molar-refractivity contribution in [1.82, 2.24) is 15.1 Å². The van der Waals surface area contributed by atoms with E-state index in [0.717, 1.165) is 5.56 Å². The maximum atomic E-state index is 12.1. The fourth-order valence-corrected chi connectivity index (χ4v) is 2.06. The Kier molecular flexibility index (Phi) is 5.30. The van der Waals surface area contributed by atoms with Crippen molar-refractivity contribution in [3.63, 3.8) is 0 Å². The fraction of sp³-hybridized carbons (Fsp3) is 0.312. The molecule has 1 heterocycles. The quantitative estimate of drug-likeness (QED) is 0.818. The molecular weight excluding hydrogens is 282 g/mol. The van der Waals surface area contributed by atoms with E-state index in [2.05, 4.69) is 10.4 Å². The summed E-state index contributed by atoms with van der Waals surface area (Å²) in [6, 6.07) is 9.66. The topological polar surface area (TPSA) is 84.2 Å². The third-order valence-corrected chi connectivity index (χ3v) is 3.25. The summed E-state index contributed by atoms with van der Waals surface area (Å²) in [6.07, 6.45) is 3.64. The highest BCUT2D eigenvalue weighted by molar-refractivity contribution is 5.93. The number of nitrogens with one attached hydrogen (secondary N) is 1. The van der Waals surface area contributed by atoms with Crippen molar-refractivity contribution >= 4 is 11.9 Å². The number of rotatable bonds is 7. The average Bonchev–Trinajstić information content (AvgIpc) is 2.95. The van der Waals surface area contributed by atoms with E-state index in [-0.39, 0.29) is 18.4 Å². The van der Waals surface area contributed by atoms with Crippen LogP contribution in [0.3, 0.4) is 0 Å². The molecule has 0 radical (unpaired) electrons. The Balaban J connectivity index is 1.90. The largest absolute Gasteiger partial charge is 0.481 e. The van der Waals surface area contributed by atoms with Gasteiger partial charge >= 0.3 is 5.97 Å². The molecule has 1 atom stereocenters. The number of nitrogens with zero attached hydrogens (tertiary/aromatic N) is 2. The van der Waals surface area contributed by atoms with E-state index in [1.54, 1.807) is 17.8 Å². The predicted octanol–water partition coefficient (Wildman–Crippen LogP) is 1.91. The number of benzene rings is 1. The van der Waals surface area contributed by atoms with Gasteiger partial charge in [-0.1, -0.05) is 30.3 Å². The maximum Gasteiger partial charge on any atom is 0.303 e. The Morgan fingerprint density at radius 2 is 2.05 bits per heavy atom. The molecule has 0 aliphatic heterocycles. The predicted molar refractivity (Wildman–Crippen MR) is 81.6 cm³/mol. The molecule has 6 heteroatoms. The van der Waals surface area contributed by atoms with Crippen molar-refractivity contribution in [3.05, 3.63) is 53.9 Å². The van der Waals surface area contributed by atoms with E-state index >= 15 is 0 Å². The lowest BCUT2D eigenvalue weighted by atomic mass is 10.2. The molecule has 1 amide bonds. The Bertz CT molecular complexity index is 637. The van der Waals surface area contributed by atoms with Gasteiger partial charge < -0.3 is 10.4 Å². The third-order valence-electron chi connectivity index (χ3n) is 3.25. The van der Waals surface area contributed by atoms with Crippen molar-refractivity contribution in [1.29, 1.82) is 0 Å². The van der Waals surface area contributed by atoms with Crippen LogP contribution in [0.4, 0.5) is 0 Å². The zero-order valence-corrected chi connectivity index (χ0v) is 12.4. The van der Waals surface area contributed by atoms with Crippen LogP contribution in [0.1, 0.15) is 35.7 Å². The van der Waals surface area contributed by atoms with Crippen molar-refractivity contribution < 1.29 is 14.7 Å². The zero-order valence-electron chi connectivity index (χ0n) is 12.4. The molecule has 0 spiro atoms. The van der Waals surface area contributed by atoms with Gasteiger partial charge in [0, 0.05) is 18.7 Å². The molecular formula is C16H19N3O3. The molecule has 1 aromatic heterocycles. The maximum absolute atomic E-state index is 12.1. The fourth-order valence-electron chi connectivity index (χ4n) is 2.06. The number of hydrogen-bond donors (Lipinski definition) is 2. The molecule has 1 unspecified atom stereocenters. The number of carboxylic acid groups (broad SMARTS) is 1. The molecule has 2 N–H and O–H groups in total. The van der Waals surface area contributed by atoms with Crippen molar-refractivity contribution in [2.45, 2.75) is 32.4 Å². The minimum absolute atomic E-state index is 0.0364. The number of carbonyl (C=O) groups excluding carboxylic acids is 1. The van der Waals surface area contributed by atoms with E-state index in [1.165, 1.54) is 6.20 Å². The second kappa shape index (κ2) is 7.40. The minimum Gasteiger partial charge on any atom is -0.481 e. The highest BCUT2D eigenvalue weighted by Gasteiger charge is 2.13. The van der Waals surface area contributed by atoms with Crippen LogP contribution in [-0.2, 0) is 11.3 Å². The SMILES string of the molecule is CC(CCC(=O)O)NC(=O)c1cnn(Cc2ccccc2)c1. The molecule has 1 aromatic carbocycles. The van der Waals surface area contributed by atoms with Crippen LogP contribution in [0.2, 0.25) is 0 Å². The molecule has 0 fully saturated rings. The van der Waals surface area contributed by atoms with Gasteiger partial charge in [0.05, 0.1) is 18.3 Å². The zero-order chi connectivity index (χ0) is 15.9. The van der Waals surface area contributed by atoms with Gasteiger partial charge in [-0.15, -0.1) is 0 Å². The second-order valence-electron chi connectivity index (χ2n) is 5.22. The van der Waals surface area contributed by atoms with Gasteiger partial charge in [-0.3, -0.25) is 14.3 Å². The minimum atomic E-state index is -0.864. The number of hydrogen-bond acceptors (Lipinski definition) is 3. The summed E-state index contributed by atoms with van der Waals surface area (Å²) in [4.78, 5) is 22.6. The van der Waals surface area contributed by atoms with Crippen molar-refractivity contribution in [2.24, 2.45) is 0 Å². The van der Waals surface area contributed by atoms with Gasteiger partial charge in [-0.05, 0) is 18.9 Å². The Labute approximate surface area is 128 Å². The van der Waals surface area contributed by atoms with Crippen molar-refractivity contribution in [3.8, 4) is 0 Å². The van der Waals surface area contributed by atoms with Crippen LogP contribution >= 0.6 is 0 Å².